The minimum absolute atomic E-state index is 0.338. The molecule has 0 aliphatic rings. The first-order chi connectivity index (χ1) is 4.87. The number of hydrogen-bond donors (Lipinski definition) is 0. The number of esters is 1. The number of carbonyl (C=O) groups is 1. The van der Waals surface area contributed by atoms with Gasteiger partial charge in [0.25, 0.3) is 0 Å². The van der Waals surface area contributed by atoms with Crippen LogP contribution in [0.2, 0.25) is 0 Å². The summed E-state index contributed by atoms with van der Waals surface area (Å²) in [4.78, 5) is 10.8. The van der Waals surface area contributed by atoms with E-state index in [1.54, 1.807) is 13.8 Å². The zero-order chi connectivity index (χ0) is 9.07. The van der Waals surface area contributed by atoms with Crippen LogP contribution in [0.15, 0.2) is 0 Å². The molecule has 0 heterocycles. The molecule has 0 N–H and O–H groups in total. The van der Waals surface area contributed by atoms with Crippen molar-refractivity contribution < 1.29 is 13.6 Å². The van der Waals surface area contributed by atoms with Crippen LogP contribution < -0.4 is 0 Å². The largest absolute Gasteiger partial charge is 0.469 e. The molecule has 0 saturated heterocycles. The zero-order valence-electron chi connectivity index (χ0n) is 8.10. The summed E-state index contributed by atoms with van der Waals surface area (Å²) >= 11 is 0. The van der Waals surface area contributed by atoms with Gasteiger partial charge >= 0.3 is 5.97 Å². The van der Waals surface area contributed by atoms with Crippen LogP contribution in [0.25, 0.3) is 0 Å². The summed E-state index contributed by atoms with van der Waals surface area (Å²) in [6.07, 6.45) is 0.592. The minimum Gasteiger partial charge on any atom is -0.469 e. The van der Waals surface area contributed by atoms with Gasteiger partial charge < -0.3 is 4.74 Å². The number of ether oxygens (including phenoxy) is 1. The van der Waals surface area contributed by atoms with Crippen molar-refractivity contribution in [2.24, 2.45) is 5.92 Å². The summed E-state index contributed by atoms with van der Waals surface area (Å²) in [6.45, 7) is 3.43. The van der Waals surface area contributed by atoms with E-state index in [0.717, 1.165) is 0 Å². The van der Waals surface area contributed by atoms with Crippen molar-refractivity contribution >= 4 is 5.97 Å². The fourth-order valence-electron chi connectivity index (χ4n) is 0.267. The highest BCUT2D eigenvalue weighted by atomic mass is 16.5. The smallest absolute Gasteiger partial charge is 0.308 e. The second kappa shape index (κ2) is 3.47. The summed E-state index contributed by atoms with van der Waals surface area (Å²) in [5.74, 6) is -0.997. The second-order valence-electron chi connectivity index (χ2n) is 1.73. The Morgan fingerprint density at radius 2 is 2.62 bits per heavy atom. The van der Waals surface area contributed by atoms with Crippen LogP contribution >= 0.6 is 0 Å². The maximum atomic E-state index is 10.8. The molecule has 48 valence electrons. The van der Waals surface area contributed by atoms with Gasteiger partial charge in [0.15, 0.2) is 0 Å². The van der Waals surface area contributed by atoms with E-state index >= 15 is 0 Å². The lowest BCUT2D eigenvalue weighted by Crippen LogP contribution is -2.10. The lowest BCUT2D eigenvalue weighted by atomic mass is 10.1. The molecule has 2 nitrogen and oxygen atoms in total. The Balaban J connectivity index is 3.88. The molecule has 0 aromatic rings. The minimum atomic E-state index is -2.60. The summed E-state index contributed by atoms with van der Waals surface area (Å²) in [5.41, 5.74) is 0. The van der Waals surface area contributed by atoms with Crippen molar-refractivity contribution in [1.82, 2.24) is 0 Å². The molecule has 8 heavy (non-hydrogen) atoms. The van der Waals surface area contributed by atoms with Gasteiger partial charge in [0, 0.05) is 0 Å². The van der Waals surface area contributed by atoms with Gasteiger partial charge in [-0.05, 0) is 6.42 Å². The van der Waals surface area contributed by atoms with Crippen LogP contribution in [0.5, 0.6) is 0 Å². The fourth-order valence-corrected chi connectivity index (χ4v) is 0.267. The zero-order valence-corrected chi connectivity index (χ0v) is 5.10. The van der Waals surface area contributed by atoms with Crippen molar-refractivity contribution in [2.75, 3.05) is 7.04 Å². The van der Waals surface area contributed by atoms with Gasteiger partial charge in [0.05, 0.1) is 17.1 Å². The Morgan fingerprint density at radius 1 is 2.00 bits per heavy atom. The highest BCUT2D eigenvalue weighted by Gasteiger charge is 2.08. The molecule has 0 aromatic heterocycles. The maximum Gasteiger partial charge on any atom is 0.308 e. The molecule has 0 saturated carbocycles. The van der Waals surface area contributed by atoms with Crippen molar-refractivity contribution in [2.45, 2.75) is 20.3 Å². The Hall–Kier alpha value is -0.530. The molecule has 2 heteroatoms. The van der Waals surface area contributed by atoms with Gasteiger partial charge in [0.1, 0.15) is 0 Å². The molecule has 0 aliphatic heterocycles. The van der Waals surface area contributed by atoms with Gasteiger partial charge in [-0.3, -0.25) is 4.79 Å². The van der Waals surface area contributed by atoms with Gasteiger partial charge in [-0.15, -0.1) is 0 Å². The van der Waals surface area contributed by atoms with E-state index in [9.17, 15) is 4.79 Å². The van der Waals surface area contributed by atoms with Crippen molar-refractivity contribution in [1.29, 1.82) is 0 Å². The first-order valence-corrected chi connectivity index (χ1v) is 2.59. The van der Waals surface area contributed by atoms with Gasteiger partial charge in [0.2, 0.25) is 0 Å². The molecule has 0 spiro atoms. The summed E-state index contributed by atoms with van der Waals surface area (Å²) in [7, 11) is -2.60. The molecular weight excluding hydrogens is 104 g/mol. The van der Waals surface area contributed by atoms with Crippen molar-refractivity contribution in [3.8, 4) is 0 Å². The van der Waals surface area contributed by atoms with Crippen molar-refractivity contribution in [3.05, 3.63) is 0 Å². The van der Waals surface area contributed by atoms with Crippen LogP contribution in [0.3, 0.4) is 0 Å². The number of rotatable bonds is 2. The highest BCUT2D eigenvalue weighted by molar-refractivity contribution is 5.71. The standard InChI is InChI=1S/C6H12O2/c1-4-5(2)6(7)8-3/h5H,4H2,1-3H3/t5-/m0/s1/i3D3. The summed E-state index contributed by atoms with van der Waals surface area (Å²) in [6, 6.07) is 0. The van der Waals surface area contributed by atoms with Gasteiger partial charge in [-0.25, -0.2) is 0 Å². The summed E-state index contributed by atoms with van der Waals surface area (Å²) in [5, 5.41) is 0. The van der Waals surface area contributed by atoms with Crippen molar-refractivity contribution in [3.63, 3.8) is 0 Å². The fraction of sp³-hybridized carbons (Fsp3) is 0.833. The normalized spacial score (nSPS) is 20.0. The van der Waals surface area contributed by atoms with Crippen LogP contribution in [-0.2, 0) is 9.53 Å². The maximum absolute atomic E-state index is 10.8. The van der Waals surface area contributed by atoms with Crippen LogP contribution in [-0.4, -0.2) is 13.0 Å². The third-order valence-electron chi connectivity index (χ3n) is 1.12. The van der Waals surface area contributed by atoms with Gasteiger partial charge in [-0.2, -0.15) is 0 Å². The lowest BCUT2D eigenvalue weighted by Gasteiger charge is -2.02. The SMILES string of the molecule is [2H]C([2H])([2H])OC(=O)[C@@H](C)CC. The van der Waals surface area contributed by atoms with E-state index in [4.69, 9.17) is 4.11 Å². The molecule has 0 fully saturated rings. The Bertz CT molecular complexity index is 141. The number of hydrogen-bond acceptors (Lipinski definition) is 2. The van der Waals surface area contributed by atoms with Crippen LogP contribution in [0.4, 0.5) is 0 Å². The van der Waals surface area contributed by atoms with E-state index in [-0.39, 0.29) is 5.92 Å². The first kappa shape index (κ1) is 3.49. The Morgan fingerprint density at radius 3 is 3.00 bits per heavy atom. The average Bonchev–Trinajstić information content (AvgIpc) is 1.82. The lowest BCUT2D eigenvalue weighted by molar-refractivity contribution is -0.144. The van der Waals surface area contributed by atoms with E-state index in [1.807, 2.05) is 0 Å². The van der Waals surface area contributed by atoms with Gasteiger partial charge in [-0.1, -0.05) is 13.8 Å². The third kappa shape index (κ3) is 1.96. The molecule has 0 amide bonds. The molecule has 1 atom stereocenters. The molecular formula is C6H12O2. The van der Waals surface area contributed by atoms with E-state index < -0.39 is 13.0 Å². The van der Waals surface area contributed by atoms with E-state index in [0.29, 0.717) is 6.42 Å². The summed E-state index contributed by atoms with van der Waals surface area (Å²) < 4.78 is 24.0. The quantitative estimate of drug-likeness (QED) is 0.511. The molecule has 0 aliphatic carbocycles. The highest BCUT2D eigenvalue weighted by Crippen LogP contribution is 2.00. The Kier molecular flexibility index (Phi) is 1.51. The van der Waals surface area contributed by atoms with E-state index in [2.05, 4.69) is 4.74 Å². The van der Waals surface area contributed by atoms with E-state index in [1.165, 1.54) is 0 Å². The number of carbonyl (C=O) groups excluding carboxylic acids is 1. The molecule has 0 unspecified atom stereocenters. The number of methoxy groups -OCH3 is 1. The average molecular weight is 119 g/mol. The third-order valence-corrected chi connectivity index (χ3v) is 1.12. The predicted octanol–water partition coefficient (Wildman–Crippen LogP) is 1.21. The topological polar surface area (TPSA) is 26.3 Å². The molecule has 0 bridgehead atoms. The first-order valence-electron chi connectivity index (χ1n) is 4.09. The molecule has 0 aromatic carbocycles. The second-order valence-corrected chi connectivity index (χ2v) is 1.73. The molecule has 0 rings (SSSR count). The Labute approximate surface area is 54.1 Å². The van der Waals surface area contributed by atoms with Crippen LogP contribution in [0.1, 0.15) is 24.4 Å². The monoisotopic (exact) mass is 119 g/mol. The predicted molar refractivity (Wildman–Crippen MR) is 31.5 cm³/mol. The molecule has 0 radical (unpaired) electrons. The van der Waals surface area contributed by atoms with Crippen LogP contribution in [0, 0.1) is 5.92 Å².